The van der Waals surface area contributed by atoms with Crippen molar-refractivity contribution in [1.82, 2.24) is 4.90 Å². The Morgan fingerprint density at radius 3 is 2.69 bits per heavy atom. The average molecular weight is 356 g/mol. The van der Waals surface area contributed by atoms with Crippen molar-refractivity contribution in [3.63, 3.8) is 0 Å². The molecular formula is C21H28N2O3. The number of aryl methyl sites for hydroxylation is 1. The summed E-state index contributed by atoms with van der Waals surface area (Å²) in [5.74, 6) is 0.722. The van der Waals surface area contributed by atoms with Crippen LogP contribution in [0.2, 0.25) is 0 Å². The van der Waals surface area contributed by atoms with Gasteiger partial charge < -0.3 is 14.5 Å². The fraction of sp³-hybridized carbons (Fsp3) is 0.619. The first-order valence-electron chi connectivity index (χ1n) is 9.98. The van der Waals surface area contributed by atoms with Gasteiger partial charge >= 0.3 is 0 Å². The number of hydrogen-bond donors (Lipinski definition) is 0. The second-order valence-corrected chi connectivity index (χ2v) is 7.84. The highest BCUT2D eigenvalue weighted by Gasteiger charge is 2.31. The van der Waals surface area contributed by atoms with Gasteiger partial charge in [0, 0.05) is 31.8 Å². The van der Waals surface area contributed by atoms with Crippen LogP contribution >= 0.6 is 0 Å². The predicted molar refractivity (Wildman–Crippen MR) is 100 cm³/mol. The number of carbonyl (C=O) groups is 2. The Labute approximate surface area is 155 Å². The molecule has 2 fully saturated rings. The molecule has 0 bridgehead atoms. The second kappa shape index (κ2) is 7.78. The molecule has 0 radical (unpaired) electrons. The maximum atomic E-state index is 13.1. The molecule has 4 rings (SSSR count). The first-order valence-corrected chi connectivity index (χ1v) is 9.98. The molecule has 2 aliphatic heterocycles. The van der Waals surface area contributed by atoms with E-state index in [1.165, 1.54) is 19.3 Å². The minimum Gasteiger partial charge on any atom is -0.376 e. The molecule has 3 aliphatic rings. The number of nitrogens with zero attached hydrogens (tertiary/aromatic N) is 2. The summed E-state index contributed by atoms with van der Waals surface area (Å²) in [6.45, 7) is 2.42. The quantitative estimate of drug-likeness (QED) is 0.787. The van der Waals surface area contributed by atoms with Crippen molar-refractivity contribution in [3.8, 4) is 0 Å². The Hall–Kier alpha value is -1.88. The molecule has 1 aliphatic carbocycles. The van der Waals surface area contributed by atoms with Crippen molar-refractivity contribution >= 4 is 17.5 Å². The predicted octanol–water partition coefficient (Wildman–Crippen LogP) is 2.77. The lowest BCUT2D eigenvalue weighted by Gasteiger charge is -2.36. The Kier molecular flexibility index (Phi) is 5.25. The largest absolute Gasteiger partial charge is 0.376 e. The van der Waals surface area contributed by atoms with E-state index < -0.39 is 0 Å². The summed E-state index contributed by atoms with van der Waals surface area (Å²) in [5, 5.41) is 0. The lowest BCUT2D eigenvalue weighted by Crippen LogP contribution is -2.48. The zero-order chi connectivity index (χ0) is 17.9. The molecule has 0 aromatic heterocycles. The summed E-state index contributed by atoms with van der Waals surface area (Å²) in [7, 11) is 0. The molecule has 140 valence electrons. The van der Waals surface area contributed by atoms with Gasteiger partial charge in [-0.15, -0.1) is 0 Å². The molecule has 2 heterocycles. The number of fused-ring (bicyclic) bond motifs is 1. The molecular weight excluding hydrogens is 328 g/mol. The van der Waals surface area contributed by atoms with Gasteiger partial charge in [-0.25, -0.2) is 0 Å². The summed E-state index contributed by atoms with van der Waals surface area (Å²) in [5.41, 5.74) is 2.06. The summed E-state index contributed by atoms with van der Waals surface area (Å²) >= 11 is 0. The van der Waals surface area contributed by atoms with E-state index in [2.05, 4.69) is 6.07 Å². The lowest BCUT2D eigenvalue weighted by atomic mass is 9.85. The van der Waals surface area contributed by atoms with Crippen LogP contribution in [0.3, 0.4) is 0 Å². The second-order valence-electron chi connectivity index (χ2n) is 7.84. The van der Waals surface area contributed by atoms with Gasteiger partial charge in [-0.05, 0) is 49.7 Å². The fourth-order valence-electron chi connectivity index (χ4n) is 4.20. The van der Waals surface area contributed by atoms with Gasteiger partial charge in [0.25, 0.3) is 0 Å². The third-order valence-electron chi connectivity index (χ3n) is 5.99. The van der Waals surface area contributed by atoms with Gasteiger partial charge in [-0.1, -0.05) is 24.6 Å². The number of para-hydroxylation sites is 1. The maximum absolute atomic E-state index is 13.1. The monoisotopic (exact) mass is 356 g/mol. The fourth-order valence-corrected chi connectivity index (χ4v) is 4.20. The summed E-state index contributed by atoms with van der Waals surface area (Å²) in [4.78, 5) is 29.2. The van der Waals surface area contributed by atoms with Crippen molar-refractivity contribution in [1.29, 1.82) is 0 Å². The van der Waals surface area contributed by atoms with Crippen LogP contribution in [-0.4, -0.2) is 49.1 Å². The molecule has 1 atom stereocenters. The third-order valence-corrected chi connectivity index (χ3v) is 5.99. The van der Waals surface area contributed by atoms with E-state index in [-0.39, 0.29) is 24.5 Å². The number of hydrogen-bond acceptors (Lipinski definition) is 3. The first-order chi connectivity index (χ1) is 12.7. The van der Waals surface area contributed by atoms with E-state index >= 15 is 0 Å². The zero-order valence-electron chi connectivity index (χ0n) is 15.4. The van der Waals surface area contributed by atoms with E-state index in [1.54, 1.807) is 4.90 Å². The van der Waals surface area contributed by atoms with E-state index in [4.69, 9.17) is 4.74 Å². The molecule has 0 spiro atoms. The summed E-state index contributed by atoms with van der Waals surface area (Å²) in [6.07, 6.45) is 7.20. The smallest absolute Gasteiger partial charge is 0.242 e. The SMILES string of the molecule is O=C(CN1C(=O)CCc2ccccc21)N(CC1CCC1)CC1CCCO1. The van der Waals surface area contributed by atoms with Crippen molar-refractivity contribution in [2.45, 2.75) is 51.0 Å². The Balaban J connectivity index is 1.47. The van der Waals surface area contributed by atoms with E-state index in [0.717, 1.165) is 43.7 Å². The van der Waals surface area contributed by atoms with Crippen LogP contribution in [-0.2, 0) is 20.7 Å². The molecule has 2 amide bonds. The lowest BCUT2D eigenvalue weighted by molar-refractivity contribution is -0.134. The van der Waals surface area contributed by atoms with Gasteiger partial charge in [0.15, 0.2) is 0 Å². The van der Waals surface area contributed by atoms with Crippen LogP contribution in [0.15, 0.2) is 24.3 Å². The number of benzene rings is 1. The highest BCUT2D eigenvalue weighted by molar-refractivity contribution is 6.01. The number of amides is 2. The van der Waals surface area contributed by atoms with Crippen molar-refractivity contribution in [3.05, 3.63) is 29.8 Å². The molecule has 26 heavy (non-hydrogen) atoms. The molecule has 1 saturated carbocycles. The average Bonchev–Trinajstić information content (AvgIpc) is 3.12. The summed E-state index contributed by atoms with van der Waals surface area (Å²) in [6, 6.07) is 7.94. The first kappa shape index (κ1) is 17.5. The minimum atomic E-state index is 0.0532. The number of ether oxygens (including phenoxy) is 1. The zero-order valence-corrected chi connectivity index (χ0v) is 15.4. The number of carbonyl (C=O) groups excluding carboxylic acids is 2. The Bertz CT molecular complexity index is 665. The molecule has 1 unspecified atom stereocenters. The number of rotatable bonds is 6. The highest BCUT2D eigenvalue weighted by atomic mass is 16.5. The third kappa shape index (κ3) is 3.78. The van der Waals surface area contributed by atoms with Gasteiger partial charge in [-0.2, -0.15) is 0 Å². The molecule has 0 N–H and O–H groups in total. The van der Waals surface area contributed by atoms with Crippen molar-refractivity contribution in [2.75, 3.05) is 31.1 Å². The Morgan fingerprint density at radius 1 is 1.12 bits per heavy atom. The van der Waals surface area contributed by atoms with Gasteiger partial charge in [-0.3, -0.25) is 9.59 Å². The Morgan fingerprint density at radius 2 is 1.96 bits per heavy atom. The van der Waals surface area contributed by atoms with Crippen molar-refractivity contribution < 1.29 is 14.3 Å². The standard InChI is InChI=1S/C21H28N2O3/c24-20-11-10-17-7-1-2-9-19(17)23(20)15-21(25)22(13-16-5-3-6-16)14-18-8-4-12-26-18/h1-2,7,9,16,18H,3-6,8,10-15H2. The van der Waals surface area contributed by atoms with Crippen LogP contribution in [0.1, 0.15) is 44.1 Å². The van der Waals surface area contributed by atoms with Crippen LogP contribution in [0.25, 0.3) is 0 Å². The normalized spacial score (nSPS) is 22.8. The van der Waals surface area contributed by atoms with Crippen LogP contribution < -0.4 is 4.90 Å². The molecule has 1 saturated heterocycles. The van der Waals surface area contributed by atoms with E-state index in [1.807, 2.05) is 23.1 Å². The molecule has 5 heteroatoms. The van der Waals surface area contributed by atoms with Crippen LogP contribution in [0, 0.1) is 5.92 Å². The topological polar surface area (TPSA) is 49.9 Å². The number of anilines is 1. The molecule has 1 aromatic carbocycles. The van der Waals surface area contributed by atoms with Crippen molar-refractivity contribution in [2.24, 2.45) is 5.92 Å². The summed E-state index contributed by atoms with van der Waals surface area (Å²) < 4.78 is 5.76. The van der Waals surface area contributed by atoms with E-state index in [9.17, 15) is 9.59 Å². The maximum Gasteiger partial charge on any atom is 0.242 e. The van der Waals surface area contributed by atoms with Crippen LogP contribution in [0.5, 0.6) is 0 Å². The van der Waals surface area contributed by atoms with E-state index in [0.29, 0.717) is 18.9 Å². The highest BCUT2D eigenvalue weighted by Crippen LogP contribution is 2.29. The van der Waals surface area contributed by atoms with Gasteiger partial charge in [0.1, 0.15) is 6.54 Å². The van der Waals surface area contributed by atoms with Crippen LogP contribution in [0.4, 0.5) is 5.69 Å². The van der Waals surface area contributed by atoms with Gasteiger partial charge in [0.2, 0.25) is 11.8 Å². The minimum absolute atomic E-state index is 0.0532. The molecule has 1 aromatic rings. The molecule has 5 nitrogen and oxygen atoms in total. The van der Waals surface area contributed by atoms with Gasteiger partial charge in [0.05, 0.1) is 6.10 Å².